The Morgan fingerprint density at radius 3 is 2.41 bits per heavy atom. The molecule has 3 heterocycles. The molecule has 180 valence electrons. The second kappa shape index (κ2) is 9.68. The number of aryl methyl sites for hydroxylation is 2. The number of ether oxygens (including phenoxy) is 4. The molecule has 0 atom stereocenters. The number of nitrogens with zero attached hydrogens (tertiary/aromatic N) is 3. The molecule has 34 heavy (non-hydrogen) atoms. The highest BCUT2D eigenvalue weighted by Crippen LogP contribution is 2.40. The number of pyridine rings is 1. The molecule has 1 aromatic heterocycles. The topological polar surface area (TPSA) is 47.3 Å². The summed E-state index contributed by atoms with van der Waals surface area (Å²) in [6.07, 6.45) is 3.11. The number of rotatable bonds is 7. The van der Waals surface area contributed by atoms with Crippen LogP contribution in [-0.2, 0) is 13.0 Å². The van der Waals surface area contributed by atoms with E-state index in [9.17, 15) is 0 Å². The van der Waals surface area contributed by atoms with Crippen molar-refractivity contribution >= 4 is 10.8 Å². The number of fused-ring (bicyclic) bond motifs is 4. The van der Waals surface area contributed by atoms with E-state index in [1.54, 1.807) is 21.3 Å². The molecule has 0 unspecified atom stereocenters. The van der Waals surface area contributed by atoms with Gasteiger partial charge in [0.15, 0.2) is 35.7 Å². The maximum absolute atomic E-state index is 6.27. The summed E-state index contributed by atoms with van der Waals surface area (Å²) < 4.78 is 25.4. The molecule has 5 rings (SSSR count). The first-order valence-corrected chi connectivity index (χ1v) is 11.9. The molecule has 2 aliphatic heterocycles. The van der Waals surface area contributed by atoms with Crippen molar-refractivity contribution in [2.75, 3.05) is 67.7 Å². The van der Waals surface area contributed by atoms with Crippen LogP contribution < -0.4 is 23.5 Å². The van der Waals surface area contributed by atoms with Gasteiger partial charge in [-0.3, -0.25) is 4.90 Å². The van der Waals surface area contributed by atoms with Crippen molar-refractivity contribution in [3.8, 4) is 34.3 Å². The Morgan fingerprint density at radius 1 is 0.882 bits per heavy atom. The van der Waals surface area contributed by atoms with Crippen molar-refractivity contribution in [1.82, 2.24) is 9.80 Å². The first-order chi connectivity index (χ1) is 16.6. The Bertz CT molecular complexity index is 1190. The molecule has 0 N–H and O–H groups in total. The van der Waals surface area contributed by atoms with E-state index in [1.807, 2.05) is 6.07 Å². The summed E-state index contributed by atoms with van der Waals surface area (Å²) in [5.41, 5.74) is 3.65. The summed E-state index contributed by atoms with van der Waals surface area (Å²) >= 11 is 0. The number of piperazine rings is 1. The lowest BCUT2D eigenvalue weighted by Crippen LogP contribution is -2.45. The fourth-order valence-electron chi connectivity index (χ4n) is 5.01. The van der Waals surface area contributed by atoms with Crippen LogP contribution in [0, 0.1) is 0 Å². The fourth-order valence-corrected chi connectivity index (χ4v) is 5.01. The van der Waals surface area contributed by atoms with E-state index in [0.29, 0.717) is 6.61 Å². The van der Waals surface area contributed by atoms with E-state index in [-0.39, 0.29) is 0 Å². The normalized spacial score (nSPS) is 16.1. The Kier molecular flexibility index (Phi) is 6.48. The van der Waals surface area contributed by atoms with Crippen LogP contribution in [0.4, 0.5) is 0 Å². The highest BCUT2D eigenvalue weighted by atomic mass is 16.5. The van der Waals surface area contributed by atoms with Gasteiger partial charge in [-0.1, -0.05) is 0 Å². The fraction of sp³-hybridized carbons (Fsp3) is 0.444. The molecule has 0 radical (unpaired) electrons. The first kappa shape index (κ1) is 22.7. The second-order valence-electron chi connectivity index (χ2n) is 9.06. The van der Waals surface area contributed by atoms with Gasteiger partial charge in [-0.15, -0.1) is 0 Å². The molecule has 2 aromatic carbocycles. The first-order valence-electron chi connectivity index (χ1n) is 11.9. The van der Waals surface area contributed by atoms with E-state index < -0.39 is 0 Å². The van der Waals surface area contributed by atoms with Crippen LogP contribution in [0.15, 0.2) is 36.5 Å². The van der Waals surface area contributed by atoms with E-state index in [0.717, 1.165) is 79.5 Å². The predicted molar refractivity (Wildman–Crippen MR) is 132 cm³/mol. The third-order valence-corrected chi connectivity index (χ3v) is 7.05. The van der Waals surface area contributed by atoms with Crippen molar-refractivity contribution in [1.29, 1.82) is 0 Å². The van der Waals surface area contributed by atoms with E-state index in [1.165, 1.54) is 16.8 Å². The van der Waals surface area contributed by atoms with Crippen LogP contribution in [-0.4, -0.2) is 77.5 Å². The molecule has 0 spiro atoms. The Morgan fingerprint density at radius 2 is 1.68 bits per heavy atom. The number of benzene rings is 2. The van der Waals surface area contributed by atoms with Crippen LogP contribution in [0.2, 0.25) is 0 Å². The summed E-state index contributed by atoms with van der Waals surface area (Å²) in [6.45, 7) is 6.87. The number of hydrogen-bond donors (Lipinski definition) is 0. The minimum Gasteiger partial charge on any atom is -0.493 e. The smallest absolute Gasteiger partial charge is 0.213 e. The standard InChI is InChI=1S/C27H34N3O4/c1-28-9-11-29(12-10-28)13-14-34-26-17-21-20(16-25(26)32-3)7-8-30-18-22-19(15-23(21)30)5-6-24(31-2)27(22)33-4/h5-6,15-18H,7-14H2,1-4H3/q+1. The van der Waals surface area contributed by atoms with Gasteiger partial charge in [0.25, 0.3) is 0 Å². The number of methoxy groups -OCH3 is 3. The maximum atomic E-state index is 6.27. The molecular weight excluding hydrogens is 430 g/mol. The maximum Gasteiger partial charge on any atom is 0.213 e. The van der Waals surface area contributed by atoms with Crippen molar-refractivity contribution in [2.24, 2.45) is 0 Å². The quantitative estimate of drug-likeness (QED) is 0.501. The van der Waals surface area contributed by atoms with Gasteiger partial charge in [0.05, 0.1) is 32.3 Å². The van der Waals surface area contributed by atoms with Gasteiger partial charge in [-0.25, -0.2) is 0 Å². The molecule has 7 nitrogen and oxygen atoms in total. The predicted octanol–water partition coefficient (Wildman–Crippen LogP) is 3.00. The highest BCUT2D eigenvalue weighted by molar-refractivity contribution is 5.91. The summed E-state index contributed by atoms with van der Waals surface area (Å²) in [5, 5.41) is 2.16. The van der Waals surface area contributed by atoms with Crippen LogP contribution in [0.5, 0.6) is 23.0 Å². The summed E-state index contributed by atoms with van der Waals surface area (Å²) in [5.74, 6) is 3.12. The molecular formula is C27H34N3O4+. The van der Waals surface area contributed by atoms with Crippen molar-refractivity contribution in [2.45, 2.75) is 13.0 Å². The number of hydrogen-bond acceptors (Lipinski definition) is 6. The van der Waals surface area contributed by atoms with Gasteiger partial charge in [-0.2, -0.15) is 4.57 Å². The lowest BCUT2D eigenvalue weighted by Gasteiger charge is -2.32. The molecule has 1 fully saturated rings. The third kappa shape index (κ3) is 4.26. The molecule has 3 aromatic rings. The van der Waals surface area contributed by atoms with Crippen molar-refractivity contribution in [3.63, 3.8) is 0 Å². The van der Waals surface area contributed by atoms with Crippen LogP contribution in [0.3, 0.4) is 0 Å². The molecule has 0 saturated carbocycles. The van der Waals surface area contributed by atoms with E-state index >= 15 is 0 Å². The van der Waals surface area contributed by atoms with E-state index in [2.05, 4.69) is 51.9 Å². The van der Waals surface area contributed by atoms with Crippen molar-refractivity contribution < 1.29 is 23.5 Å². The summed E-state index contributed by atoms with van der Waals surface area (Å²) in [4.78, 5) is 4.83. The Balaban J connectivity index is 1.45. The monoisotopic (exact) mass is 464 g/mol. The minimum atomic E-state index is 0.646. The third-order valence-electron chi connectivity index (χ3n) is 7.05. The van der Waals surface area contributed by atoms with Crippen LogP contribution in [0.1, 0.15) is 5.56 Å². The lowest BCUT2D eigenvalue weighted by molar-refractivity contribution is -0.686. The zero-order valence-corrected chi connectivity index (χ0v) is 20.6. The van der Waals surface area contributed by atoms with Crippen LogP contribution in [0.25, 0.3) is 22.0 Å². The second-order valence-corrected chi connectivity index (χ2v) is 9.06. The number of likely N-dealkylation sites (N-methyl/N-ethyl adjacent to an activating group) is 1. The number of aromatic nitrogens is 1. The van der Waals surface area contributed by atoms with Crippen molar-refractivity contribution in [3.05, 3.63) is 42.1 Å². The van der Waals surface area contributed by atoms with E-state index in [4.69, 9.17) is 18.9 Å². The minimum absolute atomic E-state index is 0.646. The summed E-state index contributed by atoms with van der Waals surface area (Å²) in [7, 11) is 7.25. The summed E-state index contributed by atoms with van der Waals surface area (Å²) in [6, 6.07) is 10.6. The van der Waals surface area contributed by atoms with Gasteiger partial charge < -0.3 is 23.8 Å². The zero-order chi connectivity index (χ0) is 23.7. The van der Waals surface area contributed by atoms with Gasteiger partial charge >= 0.3 is 0 Å². The SMILES string of the molecule is COc1cc2c(cc1OCCN1CCN(C)CC1)-c1cc3ccc(OC)c(OC)c3c[n+]1CC2. The molecule has 7 heteroatoms. The van der Waals surface area contributed by atoms with Gasteiger partial charge in [0.1, 0.15) is 6.61 Å². The van der Waals surface area contributed by atoms with Gasteiger partial charge in [0, 0.05) is 45.2 Å². The Labute approximate surface area is 201 Å². The average molecular weight is 465 g/mol. The van der Waals surface area contributed by atoms with Gasteiger partial charge in [-0.05, 0) is 42.3 Å². The molecule has 2 aliphatic rings. The largest absolute Gasteiger partial charge is 0.493 e. The molecule has 1 saturated heterocycles. The molecule has 0 aliphatic carbocycles. The highest BCUT2D eigenvalue weighted by Gasteiger charge is 2.27. The Hall–Kier alpha value is -3.03. The lowest BCUT2D eigenvalue weighted by atomic mass is 9.95. The zero-order valence-electron chi connectivity index (χ0n) is 20.6. The van der Waals surface area contributed by atoms with Gasteiger partial charge in [0.2, 0.25) is 5.69 Å². The van der Waals surface area contributed by atoms with Crippen LogP contribution >= 0.6 is 0 Å². The molecule has 0 bridgehead atoms. The average Bonchev–Trinajstić information content (AvgIpc) is 2.87. The molecule has 0 amide bonds.